The zero-order valence-corrected chi connectivity index (χ0v) is 20.5. The molecule has 3 nitrogen and oxygen atoms in total. The Morgan fingerprint density at radius 1 is 0.714 bits per heavy atom. The summed E-state index contributed by atoms with van der Waals surface area (Å²) in [5, 5.41) is 14.8. The Morgan fingerprint density at radius 2 is 1.14 bits per heavy atom. The number of amides is 1. The zero-order valence-electron chi connectivity index (χ0n) is 18.8. The summed E-state index contributed by atoms with van der Waals surface area (Å²) in [5.41, 5.74) is 0.925. The Labute approximate surface area is 209 Å². The Hall–Kier alpha value is -3.90. The molecule has 0 fully saturated rings. The second-order valence-electron chi connectivity index (χ2n) is 7.88. The lowest BCUT2D eigenvalue weighted by atomic mass is 10.2. The van der Waals surface area contributed by atoms with Crippen LogP contribution in [0.2, 0.25) is 0 Å². The molecular formula is C30H21N2OPS. The van der Waals surface area contributed by atoms with Gasteiger partial charge in [-0.2, -0.15) is 5.26 Å². The largest absolute Gasteiger partial charge is 0.284 e. The third kappa shape index (κ3) is 4.33. The van der Waals surface area contributed by atoms with Crippen LogP contribution >= 0.6 is 18.6 Å². The molecule has 0 unspecified atom stereocenters. The highest BCUT2D eigenvalue weighted by Crippen LogP contribution is 2.48. The normalized spacial score (nSPS) is 14.4. The van der Waals surface area contributed by atoms with Crippen LogP contribution in [-0.4, -0.2) is 16.2 Å². The molecule has 1 aliphatic rings. The van der Waals surface area contributed by atoms with Gasteiger partial charge in [0.25, 0.3) is 5.91 Å². The fraction of sp³-hybridized carbons (Fsp3) is 0. The molecule has 0 spiro atoms. The quantitative estimate of drug-likeness (QED) is 0.280. The van der Waals surface area contributed by atoms with Crippen molar-refractivity contribution in [3.05, 3.63) is 132 Å². The summed E-state index contributed by atoms with van der Waals surface area (Å²) in [7, 11) is 0. The monoisotopic (exact) mass is 488 g/mol. The molecule has 0 aliphatic carbocycles. The van der Waals surface area contributed by atoms with Crippen LogP contribution in [0, 0.1) is 11.3 Å². The maximum atomic E-state index is 13.0. The first-order chi connectivity index (χ1) is 17.2. The molecule has 1 heterocycles. The van der Waals surface area contributed by atoms with Crippen molar-refractivity contribution in [3.63, 3.8) is 0 Å². The average Bonchev–Trinajstić information content (AvgIpc) is 3.28. The van der Waals surface area contributed by atoms with E-state index in [0.29, 0.717) is 15.2 Å². The van der Waals surface area contributed by atoms with E-state index in [2.05, 4.69) is 47.5 Å². The lowest BCUT2D eigenvalue weighted by Crippen LogP contribution is -2.32. The van der Waals surface area contributed by atoms with Gasteiger partial charge in [-0.25, -0.2) is 4.99 Å². The number of benzene rings is 4. The molecule has 0 bridgehead atoms. The summed E-state index contributed by atoms with van der Waals surface area (Å²) >= 11 is 1.29. The topological polar surface area (TPSA) is 53.2 Å². The predicted molar refractivity (Wildman–Crippen MR) is 150 cm³/mol. The van der Waals surface area contributed by atoms with Crippen LogP contribution in [0.5, 0.6) is 0 Å². The van der Waals surface area contributed by atoms with Crippen molar-refractivity contribution >= 4 is 56.9 Å². The molecule has 4 aromatic rings. The van der Waals surface area contributed by atoms with Crippen LogP contribution in [0.15, 0.2) is 131 Å². The fourth-order valence-corrected chi connectivity index (χ4v) is 9.64. The number of nitrogens with zero attached hydrogens (tertiary/aromatic N) is 2. The molecule has 5 rings (SSSR count). The van der Waals surface area contributed by atoms with E-state index >= 15 is 0 Å². The van der Waals surface area contributed by atoms with Gasteiger partial charge in [0.2, 0.25) is 0 Å². The van der Waals surface area contributed by atoms with Gasteiger partial charge < -0.3 is 0 Å². The number of carbonyl (C=O) groups is 1. The van der Waals surface area contributed by atoms with Gasteiger partial charge in [0.05, 0.1) is 10.2 Å². The smallest absolute Gasteiger partial charge is 0.266 e. The number of thioether (sulfide) groups is 1. The summed E-state index contributed by atoms with van der Waals surface area (Å²) in [6, 6.07) is 42.6. The third-order valence-corrected chi connectivity index (χ3v) is 11.1. The van der Waals surface area contributed by atoms with Crippen molar-refractivity contribution in [3.8, 4) is 6.07 Å². The number of rotatable bonds is 5. The van der Waals surface area contributed by atoms with Crippen LogP contribution in [0.1, 0.15) is 5.56 Å². The second-order valence-corrected chi connectivity index (χ2v) is 12.3. The van der Waals surface area contributed by atoms with Gasteiger partial charge in [0, 0.05) is 0 Å². The van der Waals surface area contributed by atoms with Gasteiger partial charge in [0.15, 0.2) is 0 Å². The van der Waals surface area contributed by atoms with Crippen LogP contribution in [0.3, 0.4) is 0 Å². The highest BCUT2D eigenvalue weighted by atomic mass is 32.2. The van der Waals surface area contributed by atoms with E-state index in [1.165, 1.54) is 11.8 Å². The van der Waals surface area contributed by atoms with E-state index in [0.717, 1.165) is 21.5 Å². The third-order valence-electron chi connectivity index (χ3n) is 5.79. The summed E-state index contributed by atoms with van der Waals surface area (Å²) in [5.74, 6) is -0.311. The average molecular weight is 489 g/mol. The molecule has 1 amide bonds. The lowest BCUT2D eigenvalue weighted by Gasteiger charge is -2.30. The van der Waals surface area contributed by atoms with Gasteiger partial charge in [-0.3, -0.25) is 4.79 Å². The highest BCUT2D eigenvalue weighted by molar-refractivity contribution is 8.22. The van der Waals surface area contributed by atoms with E-state index in [1.807, 2.05) is 91.0 Å². The highest BCUT2D eigenvalue weighted by Gasteiger charge is 2.35. The minimum Gasteiger partial charge on any atom is -0.266 e. The van der Waals surface area contributed by atoms with Crippen molar-refractivity contribution in [1.29, 1.82) is 5.26 Å². The van der Waals surface area contributed by atoms with Gasteiger partial charge in [0.1, 0.15) is 11.1 Å². The first kappa shape index (κ1) is 22.9. The van der Waals surface area contributed by atoms with Crippen molar-refractivity contribution in [2.45, 2.75) is 0 Å². The minimum absolute atomic E-state index is 0.311. The molecule has 0 radical (unpaired) electrons. The molecule has 4 aromatic carbocycles. The Kier molecular flexibility index (Phi) is 6.64. The molecule has 1 aliphatic heterocycles. The van der Waals surface area contributed by atoms with Crippen molar-refractivity contribution in [1.82, 2.24) is 0 Å². The molecule has 0 aromatic heterocycles. The number of nitriles is 1. The first-order valence-electron chi connectivity index (χ1n) is 11.1. The molecule has 168 valence electrons. The van der Waals surface area contributed by atoms with Crippen LogP contribution in [0.4, 0.5) is 0 Å². The zero-order chi connectivity index (χ0) is 24.1. The summed E-state index contributed by atoms with van der Waals surface area (Å²) in [4.78, 5) is 17.9. The molecule has 35 heavy (non-hydrogen) atoms. The summed E-state index contributed by atoms with van der Waals surface area (Å²) < 4.78 is 0. The molecule has 0 saturated heterocycles. The van der Waals surface area contributed by atoms with Crippen LogP contribution in [-0.2, 0) is 4.79 Å². The maximum Gasteiger partial charge on any atom is 0.284 e. The van der Waals surface area contributed by atoms with E-state index < -0.39 is 6.89 Å². The fourth-order valence-electron chi connectivity index (χ4n) is 4.27. The molecule has 5 heteroatoms. The van der Waals surface area contributed by atoms with Crippen molar-refractivity contribution < 1.29 is 4.79 Å². The number of hydrogen-bond acceptors (Lipinski definition) is 3. The summed E-state index contributed by atoms with van der Waals surface area (Å²) in [6.45, 7) is -2.62. The van der Waals surface area contributed by atoms with E-state index in [4.69, 9.17) is 0 Å². The van der Waals surface area contributed by atoms with Crippen molar-refractivity contribution in [2.75, 3.05) is 0 Å². The van der Waals surface area contributed by atoms with E-state index in [1.54, 1.807) is 0 Å². The summed E-state index contributed by atoms with van der Waals surface area (Å²) in [6.07, 6.45) is 1.84. The Bertz CT molecular complexity index is 1420. The number of aliphatic imine (C=N–C) groups is 1. The van der Waals surface area contributed by atoms with Gasteiger partial charge in [-0.1, -0.05) is 133 Å². The van der Waals surface area contributed by atoms with Gasteiger partial charge in [-0.05, 0) is 34.4 Å². The standard InChI is InChI=1S/C30H21N2OPS/c31-22-27(30-32-29(33)28(35-30)21-23-13-5-1-6-14-23)34(24-15-7-2-8-16-24,25-17-9-3-10-18-25)26-19-11-4-12-20-26/h1-21H. The number of carbonyl (C=O) groups excluding carboxylic acids is 1. The van der Waals surface area contributed by atoms with Gasteiger partial charge in [-0.15, -0.1) is 0 Å². The molecular weight excluding hydrogens is 467 g/mol. The predicted octanol–water partition coefficient (Wildman–Crippen LogP) is 5.39. The van der Waals surface area contributed by atoms with Crippen LogP contribution < -0.4 is 15.9 Å². The molecule has 0 atom stereocenters. The SMILES string of the molecule is N#CC(C1=NC(=O)C(=Cc2ccccc2)S1)=P(c1ccccc1)(c1ccccc1)c1ccccc1. The van der Waals surface area contributed by atoms with E-state index in [9.17, 15) is 10.1 Å². The lowest BCUT2D eigenvalue weighted by molar-refractivity contribution is -0.113. The maximum absolute atomic E-state index is 13.0. The van der Waals surface area contributed by atoms with Crippen molar-refractivity contribution in [2.24, 2.45) is 4.99 Å². The molecule has 0 saturated carbocycles. The number of hydrogen-bond donors (Lipinski definition) is 0. The first-order valence-corrected chi connectivity index (χ1v) is 13.8. The Morgan fingerprint density at radius 3 is 1.57 bits per heavy atom. The minimum atomic E-state index is -2.62. The van der Waals surface area contributed by atoms with Gasteiger partial charge >= 0.3 is 0 Å². The second kappa shape index (κ2) is 10.2. The Balaban J connectivity index is 1.82. The molecule has 0 N–H and O–H groups in total. The van der Waals surface area contributed by atoms with E-state index in [-0.39, 0.29) is 5.91 Å². The van der Waals surface area contributed by atoms with Crippen LogP contribution in [0.25, 0.3) is 6.08 Å².